The number of hydrazine groups is 1. The molecule has 1 atom stereocenters. The van der Waals surface area contributed by atoms with Crippen LogP contribution in [0.3, 0.4) is 0 Å². The zero-order valence-electron chi connectivity index (χ0n) is 16.1. The molecule has 4 rings (SSSR count). The number of carbonyl (C=O) groups excluding carboxylic acids is 2. The molecule has 7 nitrogen and oxygen atoms in total. The Hall–Kier alpha value is -2.93. The lowest BCUT2D eigenvalue weighted by Gasteiger charge is -2.18. The zero-order chi connectivity index (χ0) is 19.7. The van der Waals surface area contributed by atoms with Crippen LogP contribution in [0.25, 0.3) is 17.1 Å². The summed E-state index contributed by atoms with van der Waals surface area (Å²) in [7, 11) is 0. The summed E-state index contributed by atoms with van der Waals surface area (Å²) in [5.41, 5.74) is 4.80. The summed E-state index contributed by atoms with van der Waals surface area (Å²) >= 11 is 0. The highest BCUT2D eigenvalue weighted by atomic mass is 16.5. The molecule has 1 saturated heterocycles. The third-order valence-corrected chi connectivity index (χ3v) is 5.33. The molecule has 0 amide bonds. The summed E-state index contributed by atoms with van der Waals surface area (Å²) in [6.45, 7) is 5.49. The van der Waals surface area contributed by atoms with E-state index in [1.54, 1.807) is 18.5 Å². The second-order valence-corrected chi connectivity index (χ2v) is 7.27. The smallest absolute Gasteiger partial charge is 0.237 e. The van der Waals surface area contributed by atoms with Gasteiger partial charge in [-0.3, -0.25) is 15.0 Å². The fraction of sp³-hybridized carbons (Fsp3) is 0.381. The van der Waals surface area contributed by atoms with Gasteiger partial charge >= 0.3 is 0 Å². The quantitative estimate of drug-likeness (QED) is 0.592. The van der Waals surface area contributed by atoms with Crippen molar-refractivity contribution in [3.63, 3.8) is 0 Å². The van der Waals surface area contributed by atoms with E-state index in [0.717, 1.165) is 42.5 Å². The van der Waals surface area contributed by atoms with Crippen LogP contribution in [0.4, 0.5) is 0 Å². The summed E-state index contributed by atoms with van der Waals surface area (Å²) in [4.78, 5) is 33.3. The number of allylic oxidation sites excluding steroid dienone is 1. The number of carbonyl (C=O) groups is 2. The first-order valence-corrected chi connectivity index (χ1v) is 9.75. The van der Waals surface area contributed by atoms with Gasteiger partial charge < -0.3 is 9.72 Å². The first-order chi connectivity index (χ1) is 13.6. The van der Waals surface area contributed by atoms with Gasteiger partial charge in [-0.05, 0) is 37.5 Å². The molecule has 0 spiro atoms. The summed E-state index contributed by atoms with van der Waals surface area (Å²) in [5.74, 6) is -0.391. The maximum atomic E-state index is 13.1. The number of ether oxygens (including phenoxy) is 1. The molecule has 0 saturated carbocycles. The van der Waals surface area contributed by atoms with Gasteiger partial charge in [-0.25, -0.2) is 9.99 Å². The van der Waals surface area contributed by atoms with Crippen molar-refractivity contribution in [1.82, 2.24) is 20.4 Å². The van der Waals surface area contributed by atoms with E-state index in [4.69, 9.17) is 4.74 Å². The molecule has 1 unspecified atom stereocenters. The minimum absolute atomic E-state index is 0.116. The lowest BCUT2D eigenvalue weighted by molar-refractivity contribution is -0.122. The molecule has 28 heavy (non-hydrogen) atoms. The number of aromatic nitrogens is 2. The third kappa shape index (κ3) is 3.33. The Morgan fingerprint density at radius 1 is 1.43 bits per heavy atom. The van der Waals surface area contributed by atoms with Crippen LogP contribution in [0, 0.1) is 5.92 Å². The van der Waals surface area contributed by atoms with Gasteiger partial charge in [-0.2, -0.15) is 0 Å². The van der Waals surface area contributed by atoms with Crippen LogP contribution in [0.1, 0.15) is 38.7 Å². The van der Waals surface area contributed by atoms with Gasteiger partial charge in [-0.15, -0.1) is 0 Å². The molecule has 0 radical (unpaired) electrons. The number of fused-ring (bicyclic) bond motifs is 1. The average molecular weight is 380 g/mol. The number of H-pyrrole nitrogens is 1. The van der Waals surface area contributed by atoms with E-state index in [9.17, 15) is 9.59 Å². The average Bonchev–Trinajstić information content (AvgIpc) is 3.42. The van der Waals surface area contributed by atoms with Gasteiger partial charge in [0.1, 0.15) is 11.2 Å². The molecule has 2 aliphatic heterocycles. The van der Waals surface area contributed by atoms with Crippen molar-refractivity contribution in [1.29, 1.82) is 0 Å². The molecular formula is C21H24N4O3. The molecule has 2 N–H and O–H groups in total. The molecule has 0 aliphatic carbocycles. The van der Waals surface area contributed by atoms with Crippen LogP contribution >= 0.6 is 0 Å². The van der Waals surface area contributed by atoms with Crippen molar-refractivity contribution >= 4 is 28.7 Å². The predicted molar refractivity (Wildman–Crippen MR) is 106 cm³/mol. The maximum absolute atomic E-state index is 13.1. The number of ketones is 2. The van der Waals surface area contributed by atoms with E-state index in [1.165, 1.54) is 0 Å². The number of hydrogen-bond acceptors (Lipinski definition) is 6. The molecule has 7 heteroatoms. The first-order valence-electron chi connectivity index (χ1n) is 9.75. The number of aromatic amines is 1. The van der Waals surface area contributed by atoms with E-state index in [2.05, 4.69) is 15.4 Å². The van der Waals surface area contributed by atoms with Crippen molar-refractivity contribution in [3.8, 4) is 0 Å². The van der Waals surface area contributed by atoms with E-state index < -0.39 is 0 Å². The van der Waals surface area contributed by atoms with Crippen molar-refractivity contribution in [2.45, 2.75) is 33.1 Å². The highest BCUT2D eigenvalue weighted by molar-refractivity contribution is 6.28. The second-order valence-electron chi connectivity index (χ2n) is 7.27. The Morgan fingerprint density at radius 2 is 2.21 bits per heavy atom. The topological polar surface area (TPSA) is 87.3 Å². The normalized spacial score (nSPS) is 20.2. The standard InChI is InChI=1S/C21H24N4O3/c1-3-13(2)18(26)17-19(27)16(28-21(17)24-25-9-4-5-10-25)11-14-12-23-20-15(14)7-6-8-22-20/h6-8,11-13,24H,3-5,9-10H2,1-2H3,(H,22,23)/b16-11-. The number of nitrogens with zero attached hydrogens (tertiary/aromatic N) is 2. The van der Waals surface area contributed by atoms with Crippen LogP contribution in [-0.4, -0.2) is 39.6 Å². The van der Waals surface area contributed by atoms with Gasteiger partial charge in [0, 0.05) is 42.4 Å². The van der Waals surface area contributed by atoms with Gasteiger partial charge in [0.25, 0.3) is 0 Å². The minimum atomic E-state index is -0.370. The zero-order valence-corrected chi connectivity index (χ0v) is 16.1. The molecule has 2 aromatic rings. The number of rotatable bonds is 6. The van der Waals surface area contributed by atoms with Crippen molar-refractivity contribution in [2.75, 3.05) is 13.1 Å². The lowest BCUT2D eigenvalue weighted by atomic mass is 9.94. The van der Waals surface area contributed by atoms with Crippen molar-refractivity contribution in [3.05, 3.63) is 47.3 Å². The summed E-state index contributed by atoms with van der Waals surface area (Å²) in [5, 5.41) is 2.88. The van der Waals surface area contributed by atoms with Crippen LogP contribution < -0.4 is 5.43 Å². The van der Waals surface area contributed by atoms with Crippen LogP contribution in [0.5, 0.6) is 0 Å². The summed E-state index contributed by atoms with van der Waals surface area (Å²) in [6, 6.07) is 3.76. The highest BCUT2D eigenvalue weighted by Gasteiger charge is 2.38. The molecule has 2 aliphatic rings. The van der Waals surface area contributed by atoms with E-state index >= 15 is 0 Å². The van der Waals surface area contributed by atoms with Crippen molar-refractivity contribution in [2.24, 2.45) is 5.92 Å². The Labute approximate surface area is 163 Å². The minimum Gasteiger partial charge on any atom is -0.435 e. The molecule has 1 fully saturated rings. The molecule has 0 bridgehead atoms. The number of pyridine rings is 1. The Bertz CT molecular complexity index is 982. The van der Waals surface area contributed by atoms with Gasteiger partial charge in [0.2, 0.25) is 11.7 Å². The molecular weight excluding hydrogens is 356 g/mol. The number of nitrogens with one attached hydrogen (secondary N) is 2. The molecule has 2 aromatic heterocycles. The SMILES string of the molecule is CCC(C)C(=O)C1=C(NN2CCCC2)O/C(=C\c2c[nH]c3ncccc23)C1=O. The second kappa shape index (κ2) is 7.59. The summed E-state index contributed by atoms with van der Waals surface area (Å²) < 4.78 is 5.87. The van der Waals surface area contributed by atoms with Crippen LogP contribution in [0.15, 0.2) is 41.7 Å². The predicted octanol–water partition coefficient (Wildman–Crippen LogP) is 2.93. The van der Waals surface area contributed by atoms with E-state index in [0.29, 0.717) is 6.42 Å². The van der Waals surface area contributed by atoms with Gasteiger partial charge in [0.05, 0.1) is 0 Å². The van der Waals surface area contributed by atoms with Gasteiger partial charge in [0.15, 0.2) is 11.5 Å². The Kier molecular flexibility index (Phi) is 5.00. The number of hydrogen-bond donors (Lipinski definition) is 2. The summed E-state index contributed by atoms with van der Waals surface area (Å²) in [6.07, 6.45) is 7.98. The molecule has 146 valence electrons. The Morgan fingerprint density at radius 3 is 2.96 bits per heavy atom. The first kappa shape index (κ1) is 18.4. The van der Waals surface area contributed by atoms with E-state index in [1.807, 2.05) is 31.0 Å². The van der Waals surface area contributed by atoms with Crippen LogP contribution in [-0.2, 0) is 14.3 Å². The fourth-order valence-corrected chi connectivity index (χ4v) is 3.47. The van der Waals surface area contributed by atoms with Crippen LogP contribution in [0.2, 0.25) is 0 Å². The highest BCUT2D eigenvalue weighted by Crippen LogP contribution is 2.30. The fourth-order valence-electron chi connectivity index (χ4n) is 3.47. The molecule has 4 heterocycles. The largest absolute Gasteiger partial charge is 0.435 e. The lowest BCUT2D eigenvalue weighted by Crippen LogP contribution is -2.36. The Balaban J connectivity index is 1.68. The molecule has 0 aromatic carbocycles. The number of Topliss-reactive ketones (excluding diaryl/α,β-unsaturated/α-hetero) is 2. The monoisotopic (exact) mass is 380 g/mol. The van der Waals surface area contributed by atoms with Crippen molar-refractivity contribution < 1.29 is 14.3 Å². The third-order valence-electron chi connectivity index (χ3n) is 5.33. The van der Waals surface area contributed by atoms with E-state index in [-0.39, 0.29) is 34.7 Å². The van der Waals surface area contributed by atoms with Gasteiger partial charge in [-0.1, -0.05) is 13.8 Å². The maximum Gasteiger partial charge on any atom is 0.237 e.